The Hall–Kier alpha value is -2.96. The lowest BCUT2D eigenvalue weighted by Crippen LogP contribution is -1.91. The molecule has 19 heavy (non-hydrogen) atoms. The standard InChI is InChI=1S/C12H8N4O3/c17-16(18)8-5-6-11(13-7-8)19-12-9-3-1-2-4-10(9)14-15-12/h1-7H,(H,14,15). The third-order valence-electron chi connectivity index (χ3n) is 2.57. The third kappa shape index (κ3) is 2.08. The molecule has 0 fully saturated rings. The summed E-state index contributed by atoms with van der Waals surface area (Å²) >= 11 is 0. The molecule has 0 bridgehead atoms. The average Bonchev–Trinajstić information content (AvgIpc) is 2.83. The van der Waals surface area contributed by atoms with Crippen molar-refractivity contribution in [3.8, 4) is 11.8 Å². The van der Waals surface area contributed by atoms with Crippen LogP contribution in [0.3, 0.4) is 0 Å². The number of nitro groups is 1. The lowest BCUT2D eigenvalue weighted by Gasteiger charge is -2.00. The largest absolute Gasteiger partial charge is 0.418 e. The minimum atomic E-state index is -0.513. The molecule has 0 aliphatic heterocycles. The molecule has 94 valence electrons. The maximum atomic E-state index is 10.5. The molecule has 1 aromatic carbocycles. The summed E-state index contributed by atoms with van der Waals surface area (Å²) < 4.78 is 5.49. The van der Waals surface area contributed by atoms with Crippen LogP contribution in [0.2, 0.25) is 0 Å². The van der Waals surface area contributed by atoms with Crippen LogP contribution in [0, 0.1) is 10.1 Å². The number of hydrogen-bond donors (Lipinski definition) is 1. The van der Waals surface area contributed by atoms with Gasteiger partial charge in [-0.1, -0.05) is 12.1 Å². The summed E-state index contributed by atoms with van der Waals surface area (Å²) in [5.74, 6) is 0.639. The highest BCUT2D eigenvalue weighted by atomic mass is 16.6. The van der Waals surface area contributed by atoms with Gasteiger partial charge in [-0.05, 0) is 12.1 Å². The molecule has 0 radical (unpaired) electrons. The average molecular weight is 256 g/mol. The Balaban J connectivity index is 1.90. The smallest absolute Gasteiger partial charge is 0.287 e. The molecular formula is C12H8N4O3. The second kappa shape index (κ2) is 4.37. The van der Waals surface area contributed by atoms with Crippen LogP contribution in [-0.4, -0.2) is 20.1 Å². The number of nitrogens with one attached hydrogen (secondary N) is 1. The quantitative estimate of drug-likeness (QED) is 0.574. The first-order valence-corrected chi connectivity index (χ1v) is 5.45. The maximum absolute atomic E-state index is 10.5. The number of aromatic amines is 1. The number of nitrogens with zero attached hydrogens (tertiary/aromatic N) is 3. The molecular weight excluding hydrogens is 248 g/mol. The Bertz CT molecular complexity index is 736. The fourth-order valence-electron chi connectivity index (χ4n) is 1.66. The molecule has 2 heterocycles. The van der Waals surface area contributed by atoms with Crippen molar-refractivity contribution in [1.82, 2.24) is 15.2 Å². The van der Waals surface area contributed by atoms with Crippen LogP contribution >= 0.6 is 0 Å². The molecule has 0 atom stereocenters. The number of benzene rings is 1. The van der Waals surface area contributed by atoms with E-state index in [-0.39, 0.29) is 11.6 Å². The van der Waals surface area contributed by atoms with Gasteiger partial charge in [0.05, 0.1) is 15.8 Å². The van der Waals surface area contributed by atoms with Gasteiger partial charge >= 0.3 is 0 Å². The zero-order valence-electron chi connectivity index (χ0n) is 9.61. The van der Waals surface area contributed by atoms with E-state index in [1.807, 2.05) is 24.3 Å². The van der Waals surface area contributed by atoms with Crippen molar-refractivity contribution in [3.63, 3.8) is 0 Å². The van der Waals surface area contributed by atoms with E-state index < -0.39 is 4.92 Å². The first kappa shape index (κ1) is 11.1. The Morgan fingerprint density at radius 1 is 1.21 bits per heavy atom. The van der Waals surface area contributed by atoms with Crippen LogP contribution in [0.15, 0.2) is 42.6 Å². The van der Waals surface area contributed by atoms with Crippen LogP contribution in [-0.2, 0) is 0 Å². The van der Waals surface area contributed by atoms with Crippen LogP contribution in [0.25, 0.3) is 10.9 Å². The van der Waals surface area contributed by atoms with Crippen LogP contribution in [0.1, 0.15) is 0 Å². The molecule has 3 aromatic rings. The van der Waals surface area contributed by atoms with E-state index in [4.69, 9.17) is 4.74 Å². The van der Waals surface area contributed by atoms with Gasteiger partial charge in [-0.15, -0.1) is 5.10 Å². The number of H-pyrrole nitrogens is 1. The minimum absolute atomic E-state index is 0.0840. The summed E-state index contributed by atoms with van der Waals surface area (Å²) in [7, 11) is 0. The van der Waals surface area contributed by atoms with Gasteiger partial charge in [0.15, 0.2) is 0 Å². The van der Waals surface area contributed by atoms with Gasteiger partial charge in [0.25, 0.3) is 5.69 Å². The molecule has 0 aliphatic carbocycles. The molecule has 0 aliphatic rings. The van der Waals surface area contributed by atoms with Crippen molar-refractivity contribution in [2.24, 2.45) is 0 Å². The van der Waals surface area contributed by atoms with E-state index in [0.717, 1.165) is 17.1 Å². The summed E-state index contributed by atoms with van der Waals surface area (Å²) in [5, 5.41) is 18.2. The number of hydrogen-bond acceptors (Lipinski definition) is 5. The number of ether oxygens (including phenoxy) is 1. The van der Waals surface area contributed by atoms with Crippen molar-refractivity contribution in [2.75, 3.05) is 0 Å². The Labute approximate surface area is 107 Å². The zero-order chi connectivity index (χ0) is 13.2. The molecule has 0 spiro atoms. The van der Waals surface area contributed by atoms with Gasteiger partial charge in [0.2, 0.25) is 11.8 Å². The number of rotatable bonds is 3. The van der Waals surface area contributed by atoms with Crippen molar-refractivity contribution in [1.29, 1.82) is 0 Å². The van der Waals surface area contributed by atoms with Gasteiger partial charge in [-0.25, -0.2) is 4.98 Å². The normalized spacial score (nSPS) is 10.5. The molecule has 2 aromatic heterocycles. The number of para-hydroxylation sites is 1. The van der Waals surface area contributed by atoms with E-state index in [1.54, 1.807) is 0 Å². The van der Waals surface area contributed by atoms with Crippen molar-refractivity contribution in [3.05, 3.63) is 52.7 Å². The first-order chi connectivity index (χ1) is 9.24. The van der Waals surface area contributed by atoms with Gasteiger partial charge in [-0.3, -0.25) is 15.2 Å². The SMILES string of the molecule is O=[N+]([O-])c1ccc(Oc2n[nH]c3ccccc23)nc1. The second-order valence-corrected chi connectivity index (χ2v) is 3.79. The highest BCUT2D eigenvalue weighted by molar-refractivity contribution is 5.83. The summed E-state index contributed by atoms with van der Waals surface area (Å²) in [6.07, 6.45) is 1.14. The first-order valence-electron chi connectivity index (χ1n) is 5.45. The maximum Gasteiger partial charge on any atom is 0.287 e. The van der Waals surface area contributed by atoms with E-state index in [9.17, 15) is 10.1 Å². The lowest BCUT2D eigenvalue weighted by atomic mass is 10.2. The number of pyridine rings is 1. The van der Waals surface area contributed by atoms with Crippen molar-refractivity contribution >= 4 is 16.6 Å². The molecule has 0 saturated carbocycles. The Morgan fingerprint density at radius 3 is 2.79 bits per heavy atom. The summed E-state index contributed by atoms with van der Waals surface area (Å²) in [6.45, 7) is 0. The molecule has 0 saturated heterocycles. The monoisotopic (exact) mass is 256 g/mol. The molecule has 3 rings (SSSR count). The van der Waals surface area contributed by atoms with Gasteiger partial charge in [0.1, 0.15) is 6.20 Å². The fourth-order valence-corrected chi connectivity index (χ4v) is 1.66. The van der Waals surface area contributed by atoms with Crippen LogP contribution in [0.5, 0.6) is 11.8 Å². The molecule has 7 nitrogen and oxygen atoms in total. The Kier molecular flexibility index (Phi) is 2.57. The number of aromatic nitrogens is 3. The summed E-state index contributed by atoms with van der Waals surface area (Å²) in [5.41, 5.74) is 0.763. The summed E-state index contributed by atoms with van der Waals surface area (Å²) in [6, 6.07) is 10.2. The van der Waals surface area contributed by atoms with E-state index >= 15 is 0 Å². The lowest BCUT2D eigenvalue weighted by molar-refractivity contribution is -0.385. The van der Waals surface area contributed by atoms with Gasteiger partial charge in [0, 0.05) is 12.1 Å². The van der Waals surface area contributed by atoms with E-state index in [2.05, 4.69) is 15.2 Å². The zero-order valence-corrected chi connectivity index (χ0v) is 9.61. The number of fused-ring (bicyclic) bond motifs is 1. The Morgan fingerprint density at radius 2 is 2.05 bits per heavy atom. The summed E-state index contributed by atoms with van der Waals surface area (Å²) in [4.78, 5) is 13.9. The van der Waals surface area contributed by atoms with Crippen LogP contribution < -0.4 is 4.74 Å². The van der Waals surface area contributed by atoms with Crippen LogP contribution in [0.4, 0.5) is 5.69 Å². The minimum Gasteiger partial charge on any atom is -0.418 e. The van der Waals surface area contributed by atoms with E-state index in [1.165, 1.54) is 12.1 Å². The topological polar surface area (TPSA) is 93.9 Å². The highest BCUT2D eigenvalue weighted by Crippen LogP contribution is 2.26. The fraction of sp³-hybridized carbons (Fsp3) is 0. The molecule has 0 amide bonds. The second-order valence-electron chi connectivity index (χ2n) is 3.79. The van der Waals surface area contributed by atoms with Crippen molar-refractivity contribution in [2.45, 2.75) is 0 Å². The highest BCUT2D eigenvalue weighted by Gasteiger charge is 2.10. The predicted molar refractivity (Wildman–Crippen MR) is 67.1 cm³/mol. The van der Waals surface area contributed by atoms with E-state index in [0.29, 0.717) is 5.88 Å². The van der Waals surface area contributed by atoms with Gasteiger partial charge < -0.3 is 4.74 Å². The predicted octanol–water partition coefficient (Wildman–Crippen LogP) is 2.66. The molecule has 1 N–H and O–H groups in total. The molecule has 7 heteroatoms. The molecule has 0 unspecified atom stereocenters. The third-order valence-corrected chi connectivity index (χ3v) is 2.57. The van der Waals surface area contributed by atoms with Gasteiger partial charge in [-0.2, -0.15) is 0 Å². The van der Waals surface area contributed by atoms with Crippen molar-refractivity contribution < 1.29 is 9.66 Å².